The number of phenols is 1. The van der Waals surface area contributed by atoms with E-state index in [0.29, 0.717) is 17.2 Å². The van der Waals surface area contributed by atoms with Crippen LogP contribution in [-0.4, -0.2) is 58.7 Å². The number of benzene rings is 1. The molecule has 8 nitrogen and oxygen atoms in total. The van der Waals surface area contributed by atoms with Gasteiger partial charge in [0.15, 0.2) is 11.5 Å². The van der Waals surface area contributed by atoms with Crippen LogP contribution in [0.5, 0.6) is 17.2 Å². The molecule has 0 radical (unpaired) electrons. The lowest BCUT2D eigenvalue weighted by molar-refractivity contribution is -0.139. The zero-order valence-electron chi connectivity index (χ0n) is 16.2. The Balaban J connectivity index is 1.90. The maximum atomic E-state index is 11.5. The van der Waals surface area contributed by atoms with Gasteiger partial charge in [0.1, 0.15) is 24.5 Å². The molecule has 1 aromatic heterocycles. The molecule has 28 heavy (non-hydrogen) atoms. The summed E-state index contributed by atoms with van der Waals surface area (Å²) in [6, 6.07) is 7.17. The topological polar surface area (TPSA) is 121 Å². The summed E-state index contributed by atoms with van der Waals surface area (Å²) in [6.45, 7) is 3.65. The second-order valence-corrected chi connectivity index (χ2v) is 6.51. The summed E-state index contributed by atoms with van der Waals surface area (Å²) < 4.78 is 10.9. The molecule has 0 aliphatic carbocycles. The number of hydrogen-bond acceptors (Lipinski definition) is 7. The Morgan fingerprint density at radius 3 is 2.54 bits per heavy atom. The van der Waals surface area contributed by atoms with Crippen molar-refractivity contribution < 1.29 is 29.6 Å². The van der Waals surface area contributed by atoms with Crippen LogP contribution in [0.2, 0.25) is 0 Å². The maximum absolute atomic E-state index is 11.5. The van der Waals surface area contributed by atoms with Gasteiger partial charge in [-0.25, -0.2) is 0 Å². The average Bonchev–Trinajstić information content (AvgIpc) is 2.64. The highest BCUT2D eigenvalue weighted by Crippen LogP contribution is 2.30. The van der Waals surface area contributed by atoms with Crippen LogP contribution in [0.1, 0.15) is 17.0 Å². The number of nitrogens with zero attached hydrogens (tertiary/aromatic N) is 1. The van der Waals surface area contributed by atoms with Crippen molar-refractivity contribution >= 4 is 5.97 Å². The summed E-state index contributed by atoms with van der Waals surface area (Å²) in [6.07, 6.45) is -0.695. The van der Waals surface area contributed by atoms with Crippen molar-refractivity contribution in [3.8, 4) is 17.2 Å². The van der Waals surface area contributed by atoms with Crippen LogP contribution in [-0.2, 0) is 11.2 Å². The van der Waals surface area contributed by atoms with Crippen molar-refractivity contribution in [1.29, 1.82) is 0 Å². The SMILES string of the molecule is COc1c(OCC(O)CNC(Cc2ccc(O)cc2)C(=O)O)cc(C)nc1C. The minimum atomic E-state index is -1.02. The molecular weight excluding hydrogens is 364 g/mol. The molecule has 2 aromatic rings. The first-order valence-corrected chi connectivity index (χ1v) is 8.87. The number of rotatable bonds is 10. The predicted octanol–water partition coefficient (Wildman–Crippen LogP) is 1.44. The summed E-state index contributed by atoms with van der Waals surface area (Å²) in [4.78, 5) is 15.8. The number of carbonyl (C=O) groups is 1. The number of carboxylic acid groups (broad SMARTS) is 1. The van der Waals surface area contributed by atoms with Crippen molar-refractivity contribution in [2.75, 3.05) is 20.3 Å². The fraction of sp³-hybridized carbons (Fsp3) is 0.400. The summed E-state index contributed by atoms with van der Waals surface area (Å²) in [5.41, 5.74) is 2.21. The molecule has 0 aliphatic rings. The smallest absolute Gasteiger partial charge is 0.321 e. The van der Waals surface area contributed by atoms with Gasteiger partial charge >= 0.3 is 5.97 Å². The number of aliphatic hydroxyl groups is 1. The molecule has 0 saturated heterocycles. The first-order valence-electron chi connectivity index (χ1n) is 8.87. The monoisotopic (exact) mass is 390 g/mol. The molecule has 0 amide bonds. The van der Waals surface area contributed by atoms with Crippen LogP contribution in [0.3, 0.4) is 0 Å². The van der Waals surface area contributed by atoms with E-state index in [1.807, 2.05) is 6.92 Å². The van der Waals surface area contributed by atoms with Gasteiger partial charge in [0.25, 0.3) is 0 Å². The zero-order valence-corrected chi connectivity index (χ0v) is 16.2. The number of aryl methyl sites for hydroxylation is 2. The number of aliphatic carboxylic acids is 1. The molecular formula is C20H26N2O6. The van der Waals surface area contributed by atoms with E-state index >= 15 is 0 Å². The van der Waals surface area contributed by atoms with Crippen molar-refractivity contribution in [1.82, 2.24) is 10.3 Å². The van der Waals surface area contributed by atoms with Gasteiger partial charge < -0.3 is 30.1 Å². The second kappa shape index (κ2) is 9.91. The van der Waals surface area contributed by atoms with Crippen LogP contribution in [0.15, 0.2) is 30.3 Å². The third kappa shape index (κ3) is 6.11. The lowest BCUT2D eigenvalue weighted by Gasteiger charge is -2.19. The Labute approximate surface area is 163 Å². The fourth-order valence-electron chi connectivity index (χ4n) is 2.77. The quantitative estimate of drug-likeness (QED) is 0.481. The van der Waals surface area contributed by atoms with E-state index in [2.05, 4.69) is 10.3 Å². The largest absolute Gasteiger partial charge is 0.508 e. The van der Waals surface area contributed by atoms with Crippen LogP contribution < -0.4 is 14.8 Å². The molecule has 0 aliphatic heterocycles. The summed E-state index contributed by atoms with van der Waals surface area (Å²) in [5, 5.41) is 31.7. The van der Waals surface area contributed by atoms with Crippen LogP contribution >= 0.6 is 0 Å². The third-order valence-corrected chi connectivity index (χ3v) is 4.15. The molecule has 0 saturated carbocycles. The summed E-state index contributed by atoms with van der Waals surface area (Å²) in [7, 11) is 1.52. The molecule has 152 valence electrons. The number of methoxy groups -OCH3 is 1. The van der Waals surface area contributed by atoms with Gasteiger partial charge in [-0.1, -0.05) is 12.1 Å². The van der Waals surface area contributed by atoms with E-state index in [-0.39, 0.29) is 25.3 Å². The van der Waals surface area contributed by atoms with Gasteiger partial charge in [0.2, 0.25) is 0 Å². The van der Waals surface area contributed by atoms with Gasteiger partial charge in [-0.05, 0) is 38.0 Å². The normalized spacial score (nSPS) is 13.0. The number of ether oxygens (including phenoxy) is 2. The van der Waals surface area contributed by atoms with Gasteiger partial charge in [-0.3, -0.25) is 9.78 Å². The minimum Gasteiger partial charge on any atom is -0.508 e. The number of pyridine rings is 1. The molecule has 2 atom stereocenters. The van der Waals surface area contributed by atoms with E-state index in [4.69, 9.17) is 9.47 Å². The highest BCUT2D eigenvalue weighted by Gasteiger charge is 2.19. The van der Waals surface area contributed by atoms with Gasteiger partial charge in [-0.15, -0.1) is 0 Å². The molecule has 2 unspecified atom stereocenters. The average molecular weight is 390 g/mol. The molecule has 0 fully saturated rings. The van der Waals surface area contributed by atoms with Crippen LogP contribution in [0.25, 0.3) is 0 Å². The number of aliphatic hydroxyl groups excluding tert-OH is 1. The van der Waals surface area contributed by atoms with Crippen molar-refractivity contribution in [3.05, 3.63) is 47.3 Å². The minimum absolute atomic E-state index is 0.0300. The van der Waals surface area contributed by atoms with Crippen molar-refractivity contribution in [2.24, 2.45) is 0 Å². The first kappa shape index (κ1) is 21.5. The van der Waals surface area contributed by atoms with Gasteiger partial charge in [0.05, 0.1) is 12.8 Å². The molecule has 8 heteroatoms. The predicted molar refractivity (Wildman–Crippen MR) is 103 cm³/mol. The van der Waals surface area contributed by atoms with E-state index in [0.717, 1.165) is 11.3 Å². The molecule has 2 rings (SSSR count). The molecule has 1 aromatic carbocycles. The molecule has 4 N–H and O–H groups in total. The van der Waals surface area contributed by atoms with Gasteiger partial charge in [0, 0.05) is 18.3 Å². The van der Waals surface area contributed by atoms with E-state index in [1.165, 1.54) is 19.2 Å². The second-order valence-electron chi connectivity index (χ2n) is 6.51. The van der Waals surface area contributed by atoms with E-state index in [1.54, 1.807) is 25.1 Å². The first-order chi connectivity index (χ1) is 13.3. The summed E-state index contributed by atoms with van der Waals surface area (Å²) >= 11 is 0. The number of aromatic nitrogens is 1. The van der Waals surface area contributed by atoms with E-state index < -0.39 is 18.1 Å². The fourth-order valence-corrected chi connectivity index (χ4v) is 2.77. The highest BCUT2D eigenvalue weighted by atomic mass is 16.5. The summed E-state index contributed by atoms with van der Waals surface area (Å²) in [5.74, 6) is 0.0725. The van der Waals surface area contributed by atoms with Gasteiger partial charge in [-0.2, -0.15) is 0 Å². The Bertz CT molecular complexity index is 794. The lowest BCUT2D eigenvalue weighted by atomic mass is 10.1. The zero-order chi connectivity index (χ0) is 20.7. The van der Waals surface area contributed by atoms with Crippen molar-refractivity contribution in [3.63, 3.8) is 0 Å². The molecule has 1 heterocycles. The number of aromatic hydroxyl groups is 1. The molecule has 0 spiro atoms. The Kier molecular flexibility index (Phi) is 7.60. The van der Waals surface area contributed by atoms with Crippen LogP contribution in [0.4, 0.5) is 0 Å². The Morgan fingerprint density at radius 1 is 1.25 bits per heavy atom. The Hall–Kier alpha value is -2.84. The van der Waals surface area contributed by atoms with Crippen LogP contribution in [0, 0.1) is 13.8 Å². The van der Waals surface area contributed by atoms with Crippen molar-refractivity contribution in [2.45, 2.75) is 32.4 Å². The highest BCUT2D eigenvalue weighted by molar-refractivity contribution is 5.73. The number of nitrogens with one attached hydrogen (secondary N) is 1. The number of carboxylic acids is 1. The maximum Gasteiger partial charge on any atom is 0.321 e. The number of hydrogen-bond donors (Lipinski definition) is 4. The lowest BCUT2D eigenvalue weighted by Crippen LogP contribution is -2.43. The standard InChI is InChI=1S/C20H26N2O6/c1-12-8-18(19(27-3)13(2)22-12)28-11-16(24)10-21-17(20(25)26)9-14-4-6-15(23)7-5-14/h4-8,16-17,21,23-24H,9-11H2,1-3H3,(H,25,26). The third-order valence-electron chi connectivity index (χ3n) is 4.15. The number of phenolic OH excluding ortho intramolecular Hbond substituents is 1. The Morgan fingerprint density at radius 2 is 1.93 bits per heavy atom. The van der Waals surface area contributed by atoms with E-state index in [9.17, 15) is 20.1 Å². The molecule has 0 bridgehead atoms.